The number of hydrogen-bond donors (Lipinski definition) is 0. The molecule has 0 atom stereocenters. The van der Waals surface area contributed by atoms with E-state index in [1.54, 1.807) is 41.9 Å². The number of amides is 1. The molecule has 1 saturated heterocycles. The molecule has 0 spiro atoms. The van der Waals surface area contributed by atoms with Crippen LogP contribution in [0.3, 0.4) is 0 Å². The molecule has 1 aliphatic rings. The van der Waals surface area contributed by atoms with Gasteiger partial charge in [-0.1, -0.05) is 26.0 Å². The quantitative estimate of drug-likeness (QED) is 0.210. The summed E-state index contributed by atoms with van der Waals surface area (Å²) >= 11 is 2.84. The van der Waals surface area contributed by atoms with Gasteiger partial charge in [-0.2, -0.15) is 5.10 Å². The Labute approximate surface area is 206 Å². The Bertz CT molecular complexity index is 1200. The van der Waals surface area contributed by atoms with E-state index < -0.39 is 0 Å². The van der Waals surface area contributed by atoms with Gasteiger partial charge in [-0.15, -0.1) is 16.4 Å². The van der Waals surface area contributed by atoms with Crippen LogP contribution in [0.25, 0.3) is 6.08 Å². The van der Waals surface area contributed by atoms with Gasteiger partial charge in [-0.25, -0.2) is 0 Å². The molecule has 1 fully saturated rings. The van der Waals surface area contributed by atoms with E-state index in [-0.39, 0.29) is 12.5 Å². The van der Waals surface area contributed by atoms with Gasteiger partial charge in [0.25, 0.3) is 5.91 Å². The van der Waals surface area contributed by atoms with Crippen LogP contribution < -0.4 is 9.47 Å². The second kappa shape index (κ2) is 11.2. The van der Waals surface area contributed by atoms with Crippen LogP contribution in [0.2, 0.25) is 0 Å². The number of hydrogen-bond acceptors (Lipinski definition) is 8. The average Bonchev–Trinajstić information content (AvgIpc) is 3.58. The molecule has 9 heteroatoms. The summed E-state index contributed by atoms with van der Waals surface area (Å²) in [5.74, 6) is 2.20. The van der Waals surface area contributed by atoms with Crippen LogP contribution in [-0.4, -0.2) is 35.9 Å². The second-order valence-electron chi connectivity index (χ2n) is 7.84. The van der Waals surface area contributed by atoms with E-state index in [2.05, 4.69) is 24.1 Å². The van der Waals surface area contributed by atoms with Crippen molar-refractivity contribution in [3.63, 3.8) is 0 Å². The van der Waals surface area contributed by atoms with E-state index in [9.17, 15) is 4.79 Å². The Balaban J connectivity index is 1.59. The number of carbonyl (C=O) groups is 1. The van der Waals surface area contributed by atoms with Gasteiger partial charge in [-0.3, -0.25) is 9.69 Å². The molecule has 0 aliphatic carbocycles. The maximum absolute atomic E-state index is 13.2. The zero-order chi connectivity index (χ0) is 23.9. The number of benzene rings is 1. The van der Waals surface area contributed by atoms with Crippen molar-refractivity contribution in [3.05, 3.63) is 75.2 Å². The van der Waals surface area contributed by atoms with Crippen LogP contribution >= 0.6 is 23.1 Å². The van der Waals surface area contributed by atoms with Crippen LogP contribution in [0.1, 0.15) is 30.0 Å². The fourth-order valence-electron chi connectivity index (χ4n) is 3.08. The number of amidine groups is 1. The highest BCUT2D eigenvalue weighted by Gasteiger charge is 2.34. The lowest BCUT2D eigenvalue weighted by molar-refractivity contribution is -0.122. The molecule has 2 aromatic heterocycles. The fourth-order valence-corrected chi connectivity index (χ4v) is 4.60. The molecule has 1 aliphatic heterocycles. The third kappa shape index (κ3) is 5.98. The molecule has 0 bridgehead atoms. The summed E-state index contributed by atoms with van der Waals surface area (Å²) in [7, 11) is 1.60. The lowest BCUT2D eigenvalue weighted by atomic mass is 10.1. The molecule has 0 N–H and O–H groups in total. The van der Waals surface area contributed by atoms with E-state index in [1.807, 2.05) is 47.9 Å². The first kappa shape index (κ1) is 23.8. The van der Waals surface area contributed by atoms with Gasteiger partial charge < -0.3 is 13.9 Å². The van der Waals surface area contributed by atoms with Crippen molar-refractivity contribution >= 4 is 46.5 Å². The minimum absolute atomic E-state index is 0.162. The molecule has 0 radical (unpaired) electrons. The smallest absolute Gasteiger partial charge is 0.267 e. The number of methoxy groups -OCH3 is 1. The van der Waals surface area contributed by atoms with E-state index >= 15 is 0 Å². The molecule has 1 aromatic carbocycles. The van der Waals surface area contributed by atoms with Crippen molar-refractivity contribution in [2.45, 2.75) is 20.4 Å². The Morgan fingerprint density at radius 1 is 1.18 bits per heavy atom. The molecule has 34 heavy (non-hydrogen) atoms. The lowest BCUT2D eigenvalue weighted by Gasteiger charge is -2.13. The summed E-state index contributed by atoms with van der Waals surface area (Å²) in [5.41, 5.74) is 0.825. The van der Waals surface area contributed by atoms with Gasteiger partial charge in [0, 0.05) is 4.88 Å². The first-order valence-corrected chi connectivity index (χ1v) is 12.4. The van der Waals surface area contributed by atoms with E-state index in [4.69, 9.17) is 13.9 Å². The van der Waals surface area contributed by atoms with Crippen LogP contribution in [0.15, 0.2) is 73.6 Å². The normalized spacial score (nSPS) is 16.5. The van der Waals surface area contributed by atoms with Gasteiger partial charge >= 0.3 is 0 Å². The summed E-state index contributed by atoms with van der Waals surface area (Å²) in [6.45, 7) is 5.05. The Kier molecular flexibility index (Phi) is 7.87. The Hall–Kier alpha value is -3.30. The summed E-state index contributed by atoms with van der Waals surface area (Å²) in [6.07, 6.45) is 5.08. The molecule has 7 nitrogen and oxygen atoms in total. The monoisotopic (exact) mass is 495 g/mol. The lowest BCUT2D eigenvalue weighted by Crippen LogP contribution is -2.28. The molecular formula is C25H25N3O4S2. The van der Waals surface area contributed by atoms with Crippen molar-refractivity contribution in [1.29, 1.82) is 0 Å². The number of furan rings is 1. The number of nitrogens with zero attached hydrogens (tertiary/aromatic N) is 3. The third-order valence-electron chi connectivity index (χ3n) is 4.71. The van der Waals surface area contributed by atoms with Crippen LogP contribution in [0.5, 0.6) is 11.5 Å². The van der Waals surface area contributed by atoms with Gasteiger partial charge in [0.2, 0.25) is 0 Å². The summed E-state index contributed by atoms with van der Waals surface area (Å²) in [6, 6.07) is 13.1. The summed E-state index contributed by atoms with van der Waals surface area (Å²) in [4.78, 5) is 16.3. The minimum atomic E-state index is -0.162. The van der Waals surface area contributed by atoms with Gasteiger partial charge in [0.15, 0.2) is 16.7 Å². The zero-order valence-electron chi connectivity index (χ0n) is 19.1. The van der Waals surface area contributed by atoms with E-state index in [0.717, 1.165) is 10.4 Å². The molecule has 0 saturated carbocycles. The van der Waals surface area contributed by atoms with Crippen molar-refractivity contribution in [3.8, 4) is 11.5 Å². The highest BCUT2D eigenvalue weighted by atomic mass is 32.2. The Morgan fingerprint density at radius 2 is 2.06 bits per heavy atom. The van der Waals surface area contributed by atoms with Crippen LogP contribution in [0, 0.1) is 5.92 Å². The van der Waals surface area contributed by atoms with Crippen molar-refractivity contribution in [2.75, 3.05) is 13.7 Å². The predicted molar refractivity (Wildman–Crippen MR) is 138 cm³/mol. The molecule has 4 rings (SSSR count). The maximum atomic E-state index is 13.2. The zero-order valence-corrected chi connectivity index (χ0v) is 20.8. The first-order chi connectivity index (χ1) is 16.5. The second-order valence-corrected chi connectivity index (χ2v) is 9.83. The third-order valence-corrected chi connectivity index (χ3v) is 6.52. The minimum Gasteiger partial charge on any atom is -0.493 e. The fraction of sp³-hybridized carbons (Fsp3) is 0.240. The van der Waals surface area contributed by atoms with Crippen molar-refractivity contribution < 1.29 is 18.7 Å². The summed E-state index contributed by atoms with van der Waals surface area (Å²) in [5, 5.41) is 11.0. The molecular weight excluding hydrogens is 470 g/mol. The average molecular weight is 496 g/mol. The standard InChI is InChI=1S/C25H25N3O4S2/c1-17(2)16-32-21-9-8-18(12-22(21)30-3)13-23-24(29)28(15-19-6-4-10-31-19)25(34-23)27-26-14-20-7-5-11-33-20/h4-14,17H,15-16H2,1-3H3/b23-13-,26-14-,27-25+. The number of thioether (sulfide) groups is 1. The highest BCUT2D eigenvalue weighted by Crippen LogP contribution is 2.35. The van der Waals surface area contributed by atoms with E-state index in [0.29, 0.717) is 39.9 Å². The molecule has 3 aromatic rings. The van der Waals surface area contributed by atoms with Crippen LogP contribution in [-0.2, 0) is 11.3 Å². The molecule has 1 amide bonds. The maximum Gasteiger partial charge on any atom is 0.267 e. The van der Waals surface area contributed by atoms with E-state index in [1.165, 1.54) is 11.8 Å². The van der Waals surface area contributed by atoms with Gasteiger partial charge in [0.05, 0.1) is 37.6 Å². The summed E-state index contributed by atoms with van der Waals surface area (Å²) < 4.78 is 16.8. The largest absolute Gasteiger partial charge is 0.493 e. The predicted octanol–water partition coefficient (Wildman–Crippen LogP) is 5.89. The number of rotatable bonds is 9. The number of carbonyl (C=O) groups excluding carboxylic acids is 1. The van der Waals surface area contributed by atoms with Crippen molar-refractivity contribution in [2.24, 2.45) is 16.1 Å². The number of ether oxygens (including phenoxy) is 2. The molecule has 176 valence electrons. The van der Waals surface area contributed by atoms with Crippen LogP contribution in [0.4, 0.5) is 0 Å². The SMILES string of the molecule is COc1cc(/C=C2\S/C(=N/N=C\c3cccs3)N(Cc3ccco3)C2=O)ccc1OCC(C)C. The highest BCUT2D eigenvalue weighted by molar-refractivity contribution is 8.18. The van der Waals surface area contributed by atoms with Gasteiger partial charge in [0.1, 0.15) is 5.76 Å². The molecule has 0 unspecified atom stereocenters. The topological polar surface area (TPSA) is 76.6 Å². The Morgan fingerprint density at radius 3 is 2.76 bits per heavy atom. The van der Waals surface area contributed by atoms with Crippen molar-refractivity contribution in [1.82, 2.24) is 4.90 Å². The van der Waals surface area contributed by atoms with Gasteiger partial charge in [-0.05, 0) is 65.0 Å². The number of thiophene rings is 1. The molecule has 3 heterocycles. The first-order valence-electron chi connectivity index (χ1n) is 10.7.